The summed E-state index contributed by atoms with van der Waals surface area (Å²) in [5.41, 5.74) is -0.0987. The number of carbonyl (C=O) groups is 1. The predicted octanol–water partition coefficient (Wildman–Crippen LogP) is 2.35. The van der Waals surface area contributed by atoms with Gasteiger partial charge in [0.05, 0.1) is 5.00 Å². The van der Waals surface area contributed by atoms with Gasteiger partial charge in [-0.25, -0.2) is 0 Å². The van der Waals surface area contributed by atoms with Crippen molar-refractivity contribution in [3.63, 3.8) is 0 Å². The fraction of sp³-hybridized carbons (Fsp3) is 0.368. The van der Waals surface area contributed by atoms with Gasteiger partial charge in [0, 0.05) is 43.8 Å². The van der Waals surface area contributed by atoms with Gasteiger partial charge in [-0.2, -0.15) is 0 Å². The molecule has 0 aromatic carbocycles. The SMILES string of the molecule is Cc1cc(O)c(C(=O)C=Cc2ccc(N(C)CCN(C)C)s2)c(=O)n1C. The number of carbonyl (C=O) groups excluding carboxylic acids is 1. The van der Waals surface area contributed by atoms with Crippen LogP contribution in [0.1, 0.15) is 20.9 Å². The molecule has 2 heterocycles. The minimum Gasteiger partial charge on any atom is -0.507 e. The van der Waals surface area contributed by atoms with Gasteiger partial charge >= 0.3 is 0 Å². The topological polar surface area (TPSA) is 65.8 Å². The van der Waals surface area contributed by atoms with E-state index in [0.717, 1.165) is 23.0 Å². The van der Waals surface area contributed by atoms with Crippen molar-refractivity contribution in [3.8, 4) is 5.75 Å². The quantitative estimate of drug-likeness (QED) is 0.594. The van der Waals surface area contributed by atoms with E-state index in [1.165, 1.54) is 16.7 Å². The summed E-state index contributed by atoms with van der Waals surface area (Å²) in [5, 5.41) is 11.1. The molecule has 2 aromatic rings. The van der Waals surface area contributed by atoms with Crippen LogP contribution in [0, 0.1) is 6.92 Å². The number of ketones is 1. The molecule has 140 valence electrons. The minimum absolute atomic E-state index is 0.200. The number of nitrogens with zero attached hydrogens (tertiary/aromatic N) is 3. The second-order valence-corrected chi connectivity index (χ2v) is 7.60. The lowest BCUT2D eigenvalue weighted by atomic mass is 10.1. The number of aromatic hydroxyl groups is 1. The zero-order valence-corrected chi connectivity index (χ0v) is 16.6. The zero-order chi connectivity index (χ0) is 19.4. The zero-order valence-electron chi connectivity index (χ0n) is 15.8. The number of pyridine rings is 1. The molecule has 0 spiro atoms. The molecule has 0 saturated heterocycles. The third kappa shape index (κ3) is 4.62. The third-order valence-electron chi connectivity index (χ3n) is 4.17. The van der Waals surface area contributed by atoms with Crippen LogP contribution in [0.4, 0.5) is 5.00 Å². The van der Waals surface area contributed by atoms with E-state index in [4.69, 9.17) is 0 Å². The molecule has 0 atom stereocenters. The predicted molar refractivity (Wildman–Crippen MR) is 108 cm³/mol. The second-order valence-electron chi connectivity index (χ2n) is 6.51. The molecule has 0 aliphatic rings. The van der Waals surface area contributed by atoms with Gasteiger partial charge in [0.15, 0.2) is 5.78 Å². The Kier molecular flexibility index (Phi) is 6.39. The number of thiophene rings is 1. The van der Waals surface area contributed by atoms with Crippen molar-refractivity contribution < 1.29 is 9.90 Å². The molecule has 7 heteroatoms. The molecule has 0 amide bonds. The Balaban J connectivity index is 2.15. The number of allylic oxidation sites excluding steroid dienone is 1. The van der Waals surface area contributed by atoms with E-state index >= 15 is 0 Å². The molecule has 2 aromatic heterocycles. The van der Waals surface area contributed by atoms with Crippen LogP contribution in [0.25, 0.3) is 6.08 Å². The van der Waals surface area contributed by atoms with Crippen LogP contribution in [0.2, 0.25) is 0 Å². The number of hydrogen-bond acceptors (Lipinski definition) is 6. The highest BCUT2D eigenvalue weighted by Crippen LogP contribution is 2.26. The van der Waals surface area contributed by atoms with Crippen molar-refractivity contribution >= 4 is 28.2 Å². The molecule has 2 rings (SSSR count). The van der Waals surface area contributed by atoms with Crippen LogP contribution >= 0.6 is 11.3 Å². The summed E-state index contributed by atoms with van der Waals surface area (Å²) in [4.78, 5) is 29.8. The van der Waals surface area contributed by atoms with Crippen molar-refractivity contribution in [2.75, 3.05) is 39.1 Å². The summed E-state index contributed by atoms with van der Waals surface area (Å²) in [6.07, 6.45) is 3.01. The molecule has 0 saturated carbocycles. The summed E-state index contributed by atoms with van der Waals surface area (Å²) in [7, 11) is 7.67. The first kappa shape index (κ1) is 19.9. The molecule has 6 nitrogen and oxygen atoms in total. The van der Waals surface area contributed by atoms with Gasteiger partial charge in [0.25, 0.3) is 5.56 Å². The third-order valence-corrected chi connectivity index (χ3v) is 5.33. The number of rotatable bonds is 7. The lowest BCUT2D eigenvalue weighted by molar-refractivity contribution is 0.104. The van der Waals surface area contributed by atoms with Gasteiger partial charge in [-0.15, -0.1) is 11.3 Å². The molecule has 0 radical (unpaired) electrons. The van der Waals surface area contributed by atoms with E-state index < -0.39 is 11.3 Å². The highest BCUT2D eigenvalue weighted by atomic mass is 32.1. The number of likely N-dealkylation sites (N-methyl/N-ethyl adjacent to an activating group) is 2. The van der Waals surface area contributed by atoms with Crippen LogP contribution in [0.15, 0.2) is 29.1 Å². The molecule has 0 unspecified atom stereocenters. The summed E-state index contributed by atoms with van der Waals surface area (Å²) in [6.45, 7) is 3.56. The van der Waals surface area contributed by atoms with Gasteiger partial charge in [-0.05, 0) is 45.3 Å². The lowest BCUT2D eigenvalue weighted by Gasteiger charge is -2.19. The van der Waals surface area contributed by atoms with Crippen molar-refractivity contribution in [2.24, 2.45) is 7.05 Å². The van der Waals surface area contributed by atoms with Crippen molar-refractivity contribution in [3.05, 3.63) is 50.8 Å². The molecule has 0 bridgehead atoms. The van der Waals surface area contributed by atoms with Gasteiger partial charge in [0.2, 0.25) is 0 Å². The minimum atomic E-state index is -0.501. The maximum atomic E-state index is 12.4. The van der Waals surface area contributed by atoms with E-state index in [-0.39, 0.29) is 11.3 Å². The number of anilines is 1. The van der Waals surface area contributed by atoms with Crippen molar-refractivity contribution in [2.45, 2.75) is 6.92 Å². The Morgan fingerprint density at radius 2 is 1.96 bits per heavy atom. The summed E-state index contributed by atoms with van der Waals surface area (Å²) >= 11 is 1.57. The first-order chi connectivity index (χ1) is 12.2. The van der Waals surface area contributed by atoms with E-state index in [1.54, 1.807) is 31.4 Å². The van der Waals surface area contributed by atoms with Crippen molar-refractivity contribution in [1.29, 1.82) is 0 Å². The largest absolute Gasteiger partial charge is 0.507 e. The van der Waals surface area contributed by atoms with Gasteiger partial charge in [-0.1, -0.05) is 0 Å². The number of aromatic nitrogens is 1. The molecule has 1 N–H and O–H groups in total. The van der Waals surface area contributed by atoms with Crippen LogP contribution in [-0.2, 0) is 7.05 Å². The second kappa shape index (κ2) is 8.33. The van der Waals surface area contributed by atoms with Gasteiger partial charge < -0.3 is 19.5 Å². The fourth-order valence-corrected chi connectivity index (χ4v) is 3.27. The van der Waals surface area contributed by atoms with Crippen LogP contribution in [-0.4, -0.2) is 54.6 Å². The molecular formula is C19H25N3O3S. The van der Waals surface area contributed by atoms with E-state index in [9.17, 15) is 14.7 Å². The van der Waals surface area contributed by atoms with Crippen molar-refractivity contribution in [1.82, 2.24) is 9.47 Å². The monoisotopic (exact) mass is 375 g/mol. The summed E-state index contributed by atoms with van der Waals surface area (Å²) < 4.78 is 1.35. The smallest absolute Gasteiger partial charge is 0.265 e. The van der Waals surface area contributed by atoms with E-state index in [1.807, 2.05) is 33.3 Å². The Labute approximate surface area is 157 Å². The first-order valence-electron chi connectivity index (χ1n) is 8.28. The maximum absolute atomic E-state index is 12.4. The Bertz CT molecular complexity index is 881. The lowest BCUT2D eigenvalue weighted by Crippen LogP contribution is -2.27. The van der Waals surface area contributed by atoms with E-state index in [0.29, 0.717) is 5.69 Å². The Morgan fingerprint density at radius 3 is 2.62 bits per heavy atom. The molecular weight excluding hydrogens is 350 g/mol. The highest BCUT2D eigenvalue weighted by Gasteiger charge is 2.16. The Morgan fingerprint density at radius 1 is 1.27 bits per heavy atom. The fourth-order valence-electron chi connectivity index (χ4n) is 2.37. The molecule has 0 fully saturated rings. The van der Waals surface area contributed by atoms with Crippen LogP contribution in [0.3, 0.4) is 0 Å². The summed E-state index contributed by atoms with van der Waals surface area (Å²) in [5.74, 6) is -0.783. The average Bonchev–Trinajstić information content (AvgIpc) is 3.05. The number of aryl methyl sites for hydroxylation is 1. The number of hydrogen-bond donors (Lipinski definition) is 1. The molecule has 0 aliphatic heterocycles. The summed E-state index contributed by atoms with van der Waals surface area (Å²) in [6, 6.07) is 5.36. The molecule has 26 heavy (non-hydrogen) atoms. The first-order valence-corrected chi connectivity index (χ1v) is 9.10. The Hall–Kier alpha value is -2.38. The van der Waals surface area contributed by atoms with Crippen LogP contribution < -0.4 is 10.5 Å². The normalized spacial score (nSPS) is 11.5. The van der Waals surface area contributed by atoms with Gasteiger partial charge in [-0.3, -0.25) is 9.59 Å². The molecule has 0 aliphatic carbocycles. The van der Waals surface area contributed by atoms with E-state index in [2.05, 4.69) is 9.80 Å². The standard InChI is InChI=1S/C19H25N3O3S/c1-13-12-16(24)18(19(25)22(13)5)15(23)8-6-14-7-9-17(26-14)21(4)11-10-20(2)3/h6-9,12,24H,10-11H2,1-5H3. The highest BCUT2D eigenvalue weighted by molar-refractivity contribution is 7.16. The average molecular weight is 375 g/mol. The maximum Gasteiger partial charge on any atom is 0.265 e. The van der Waals surface area contributed by atoms with Gasteiger partial charge in [0.1, 0.15) is 11.3 Å². The van der Waals surface area contributed by atoms with Crippen LogP contribution in [0.5, 0.6) is 5.75 Å².